The van der Waals surface area contributed by atoms with Gasteiger partial charge in [-0.3, -0.25) is 0 Å². The van der Waals surface area contributed by atoms with E-state index in [4.69, 9.17) is 5.73 Å². The highest BCUT2D eigenvalue weighted by molar-refractivity contribution is 7.99. The van der Waals surface area contributed by atoms with Gasteiger partial charge in [-0.1, -0.05) is 12.1 Å². The number of benzene rings is 2. The van der Waals surface area contributed by atoms with Crippen molar-refractivity contribution < 1.29 is 0 Å². The van der Waals surface area contributed by atoms with Crippen molar-refractivity contribution in [3.8, 4) is 0 Å². The Morgan fingerprint density at radius 1 is 1.00 bits per heavy atom. The highest BCUT2D eigenvalue weighted by Gasteiger charge is 2.09. The number of hydrogen-bond donors (Lipinski definition) is 2. The van der Waals surface area contributed by atoms with Crippen LogP contribution in [-0.4, -0.2) is 19.9 Å². The van der Waals surface area contributed by atoms with E-state index in [1.807, 2.05) is 42.5 Å². The van der Waals surface area contributed by atoms with Gasteiger partial charge in [-0.2, -0.15) is 0 Å². The van der Waals surface area contributed by atoms with Crippen molar-refractivity contribution in [2.75, 3.05) is 5.73 Å². The molecule has 6 heteroatoms. The number of nitrogens with two attached hydrogens (primary N) is 1. The Morgan fingerprint density at radius 3 is 2.81 bits per heavy atom. The predicted molar refractivity (Wildman–Crippen MR) is 84.2 cm³/mol. The smallest absolute Gasteiger partial charge is 0.172 e. The molecule has 0 atom stereocenters. The van der Waals surface area contributed by atoms with Crippen molar-refractivity contribution in [3.05, 3.63) is 48.8 Å². The Labute approximate surface area is 124 Å². The van der Waals surface area contributed by atoms with Crippen molar-refractivity contribution >= 4 is 39.4 Å². The minimum atomic E-state index is 0.695. The van der Waals surface area contributed by atoms with E-state index in [0.717, 1.165) is 32.1 Å². The topological polar surface area (TPSA) is 80.5 Å². The number of rotatable bonds is 2. The molecular formula is C15H11N5S. The molecule has 0 spiro atoms. The first-order chi connectivity index (χ1) is 10.3. The van der Waals surface area contributed by atoms with Gasteiger partial charge < -0.3 is 10.7 Å². The van der Waals surface area contributed by atoms with Crippen LogP contribution in [0.15, 0.2) is 59.0 Å². The van der Waals surface area contributed by atoms with Crippen molar-refractivity contribution in [2.24, 2.45) is 0 Å². The van der Waals surface area contributed by atoms with E-state index in [2.05, 4.69) is 19.9 Å². The maximum Gasteiger partial charge on any atom is 0.172 e. The first-order valence-electron chi connectivity index (χ1n) is 6.42. The van der Waals surface area contributed by atoms with E-state index in [0.29, 0.717) is 5.69 Å². The van der Waals surface area contributed by atoms with Gasteiger partial charge >= 0.3 is 0 Å². The number of aromatic amines is 1. The van der Waals surface area contributed by atoms with E-state index in [1.165, 1.54) is 11.8 Å². The summed E-state index contributed by atoms with van der Waals surface area (Å²) in [7, 11) is 0. The summed E-state index contributed by atoms with van der Waals surface area (Å²) in [4.78, 5) is 16.4. The van der Waals surface area contributed by atoms with E-state index >= 15 is 0 Å². The maximum absolute atomic E-state index is 5.79. The molecule has 2 heterocycles. The minimum absolute atomic E-state index is 0.695. The largest absolute Gasteiger partial charge is 0.399 e. The Kier molecular flexibility index (Phi) is 2.75. The van der Waals surface area contributed by atoms with Crippen LogP contribution < -0.4 is 5.73 Å². The zero-order valence-corrected chi connectivity index (χ0v) is 11.8. The number of hydrogen-bond acceptors (Lipinski definition) is 5. The van der Waals surface area contributed by atoms with Gasteiger partial charge in [0, 0.05) is 11.1 Å². The maximum atomic E-state index is 5.79. The molecule has 0 saturated heterocycles. The van der Waals surface area contributed by atoms with Crippen molar-refractivity contribution in [2.45, 2.75) is 10.2 Å². The summed E-state index contributed by atoms with van der Waals surface area (Å²) >= 11 is 1.49. The summed E-state index contributed by atoms with van der Waals surface area (Å²) in [5, 5.41) is 2.64. The molecule has 0 aliphatic heterocycles. The van der Waals surface area contributed by atoms with Crippen molar-refractivity contribution in [1.82, 2.24) is 19.9 Å². The molecule has 0 aliphatic rings. The zero-order valence-electron chi connectivity index (χ0n) is 10.9. The van der Waals surface area contributed by atoms with Crippen LogP contribution in [0, 0.1) is 0 Å². The number of nitrogens with one attached hydrogen (secondary N) is 1. The molecule has 0 aliphatic carbocycles. The Morgan fingerprint density at radius 2 is 1.90 bits per heavy atom. The van der Waals surface area contributed by atoms with Gasteiger partial charge in [0.2, 0.25) is 0 Å². The van der Waals surface area contributed by atoms with Crippen LogP contribution in [0.5, 0.6) is 0 Å². The average Bonchev–Trinajstić information content (AvgIpc) is 2.89. The van der Waals surface area contributed by atoms with Gasteiger partial charge in [0.25, 0.3) is 0 Å². The lowest BCUT2D eigenvalue weighted by Gasteiger charge is -2.03. The molecule has 0 amide bonds. The summed E-state index contributed by atoms with van der Waals surface area (Å²) in [6.45, 7) is 0. The number of H-pyrrole nitrogens is 1. The van der Waals surface area contributed by atoms with Gasteiger partial charge in [-0.05, 0) is 42.1 Å². The summed E-state index contributed by atoms with van der Waals surface area (Å²) < 4.78 is 0. The molecule has 0 fully saturated rings. The van der Waals surface area contributed by atoms with Crippen LogP contribution in [0.2, 0.25) is 0 Å². The van der Waals surface area contributed by atoms with Crippen molar-refractivity contribution in [3.63, 3.8) is 0 Å². The number of nitrogen functional groups attached to an aromatic ring is 1. The van der Waals surface area contributed by atoms with Gasteiger partial charge in [-0.15, -0.1) is 0 Å². The second kappa shape index (κ2) is 4.75. The fraction of sp³-hybridized carbons (Fsp3) is 0. The Balaban J connectivity index is 1.80. The highest BCUT2D eigenvalue weighted by atomic mass is 32.2. The highest BCUT2D eigenvalue weighted by Crippen LogP contribution is 2.31. The Hall–Kier alpha value is -2.60. The number of imidazole rings is 1. The van der Waals surface area contributed by atoms with E-state index in [1.54, 1.807) is 6.33 Å². The first kappa shape index (κ1) is 12.2. The molecule has 0 bridgehead atoms. The molecule has 4 rings (SSSR count). The number of para-hydroxylation sites is 2. The summed E-state index contributed by atoms with van der Waals surface area (Å²) in [6.07, 6.45) is 1.55. The third kappa shape index (κ3) is 2.19. The van der Waals surface area contributed by atoms with Crippen LogP contribution in [0.25, 0.3) is 21.9 Å². The molecule has 2 aromatic carbocycles. The van der Waals surface area contributed by atoms with Gasteiger partial charge in [-0.25, -0.2) is 15.0 Å². The molecule has 0 unspecified atom stereocenters. The average molecular weight is 293 g/mol. The molecule has 0 saturated carbocycles. The summed E-state index contributed by atoms with van der Waals surface area (Å²) in [6, 6.07) is 13.6. The quantitative estimate of drug-likeness (QED) is 0.438. The zero-order chi connectivity index (χ0) is 14.2. The van der Waals surface area contributed by atoms with E-state index < -0.39 is 0 Å². The van der Waals surface area contributed by atoms with E-state index in [9.17, 15) is 0 Å². The molecule has 5 nitrogen and oxygen atoms in total. The molecule has 2 aromatic heterocycles. The van der Waals surface area contributed by atoms with Crippen LogP contribution in [-0.2, 0) is 0 Å². The second-order valence-electron chi connectivity index (χ2n) is 4.62. The molecule has 21 heavy (non-hydrogen) atoms. The van der Waals surface area contributed by atoms with Crippen LogP contribution in [0.3, 0.4) is 0 Å². The van der Waals surface area contributed by atoms with E-state index in [-0.39, 0.29) is 0 Å². The molecule has 3 N–H and O–H groups in total. The molecule has 4 aromatic rings. The Bertz CT molecular complexity index is 914. The normalized spacial score (nSPS) is 11.2. The number of aromatic nitrogens is 4. The molecular weight excluding hydrogens is 282 g/mol. The summed E-state index contributed by atoms with van der Waals surface area (Å²) in [5.74, 6) is 0. The van der Waals surface area contributed by atoms with Gasteiger partial charge in [0.05, 0.1) is 16.6 Å². The van der Waals surface area contributed by atoms with Crippen LogP contribution in [0.1, 0.15) is 0 Å². The summed E-state index contributed by atoms with van der Waals surface area (Å²) in [5.41, 5.74) is 9.29. The van der Waals surface area contributed by atoms with Crippen LogP contribution >= 0.6 is 11.8 Å². The minimum Gasteiger partial charge on any atom is -0.399 e. The fourth-order valence-corrected chi connectivity index (χ4v) is 3.07. The van der Waals surface area contributed by atoms with Crippen LogP contribution in [0.4, 0.5) is 5.69 Å². The molecule has 0 radical (unpaired) electrons. The monoisotopic (exact) mass is 293 g/mol. The molecule has 102 valence electrons. The first-order valence-corrected chi connectivity index (χ1v) is 7.24. The lowest BCUT2D eigenvalue weighted by atomic mass is 10.2. The fourth-order valence-electron chi connectivity index (χ4n) is 2.20. The standard InChI is InChI=1S/C15H11N5S/c16-9-5-6-10-13(7-9)17-8-18-14(10)21-15-19-11-3-1-2-4-12(11)20-15/h1-8H,16H2,(H,19,20). The predicted octanol–water partition coefficient (Wildman–Crippen LogP) is 3.24. The third-order valence-electron chi connectivity index (χ3n) is 3.19. The van der Waals surface area contributed by atoms with Gasteiger partial charge in [0.15, 0.2) is 5.16 Å². The number of nitrogens with zero attached hydrogens (tertiary/aromatic N) is 3. The third-order valence-corrected chi connectivity index (χ3v) is 4.09. The number of fused-ring (bicyclic) bond motifs is 2. The second-order valence-corrected chi connectivity index (χ2v) is 5.59. The van der Waals surface area contributed by atoms with Crippen molar-refractivity contribution in [1.29, 1.82) is 0 Å². The SMILES string of the molecule is Nc1ccc2c(Sc3nc4ccccc4[nH]3)ncnc2c1. The lowest BCUT2D eigenvalue weighted by molar-refractivity contribution is 1.05. The lowest BCUT2D eigenvalue weighted by Crippen LogP contribution is -1.90. The van der Waals surface area contributed by atoms with Gasteiger partial charge in [0.1, 0.15) is 11.4 Å². The number of anilines is 1.